The van der Waals surface area contributed by atoms with Crippen molar-refractivity contribution in [3.63, 3.8) is 0 Å². The van der Waals surface area contributed by atoms with Crippen LogP contribution < -0.4 is 4.90 Å². The van der Waals surface area contributed by atoms with E-state index in [9.17, 15) is 9.90 Å². The van der Waals surface area contributed by atoms with E-state index in [1.54, 1.807) is 0 Å². The molecule has 3 heteroatoms. The number of allylic oxidation sites excluding steroid dienone is 1. The number of aliphatic hydroxyl groups is 1. The minimum atomic E-state index is -0.202. The van der Waals surface area contributed by atoms with Gasteiger partial charge in [0.1, 0.15) is 0 Å². The van der Waals surface area contributed by atoms with Crippen molar-refractivity contribution in [2.24, 2.45) is 40.4 Å². The lowest BCUT2D eigenvalue weighted by molar-refractivity contribution is -0.116. The molecule has 8 atom stereocenters. The number of nitrogens with zero attached hydrogens (tertiary/aromatic N) is 1. The molecular weight excluding hydrogens is 466 g/mol. The third-order valence-electron chi connectivity index (χ3n) is 10.5. The Morgan fingerprint density at radius 1 is 1.11 bits per heavy atom. The van der Waals surface area contributed by atoms with Gasteiger partial charge in [-0.1, -0.05) is 31.6 Å². The summed E-state index contributed by atoms with van der Waals surface area (Å²) in [4.78, 5) is 14.5. The Hall–Kier alpha value is -2.05. The Morgan fingerprint density at radius 2 is 1.74 bits per heavy atom. The van der Waals surface area contributed by atoms with Crippen molar-refractivity contribution < 1.29 is 9.90 Å². The third-order valence-corrected chi connectivity index (χ3v) is 10.5. The zero-order valence-electron chi connectivity index (χ0n) is 25.1. The number of carbonyl (C=O) groups excluding carboxylic acids is 1. The molecule has 0 aliphatic heterocycles. The lowest BCUT2D eigenvalue weighted by Gasteiger charge is -2.57. The summed E-state index contributed by atoms with van der Waals surface area (Å²) in [7, 11) is 2.16. The molecule has 0 spiro atoms. The Bertz CT molecular complexity index is 1070. The minimum Gasteiger partial charge on any atom is -0.392 e. The predicted octanol–water partition coefficient (Wildman–Crippen LogP) is 7.64. The first-order valence-corrected chi connectivity index (χ1v) is 15.0. The summed E-state index contributed by atoms with van der Waals surface area (Å²) in [5.41, 5.74) is 4.20. The van der Waals surface area contributed by atoms with Crippen molar-refractivity contribution in [2.45, 2.75) is 105 Å². The van der Waals surface area contributed by atoms with E-state index in [1.807, 2.05) is 26.8 Å². The molecule has 0 aromatic heterocycles. The number of carbonyl (C=O) groups is 1. The van der Waals surface area contributed by atoms with E-state index in [1.165, 1.54) is 23.2 Å². The number of benzene rings is 1. The van der Waals surface area contributed by atoms with Crippen LogP contribution in [-0.4, -0.2) is 30.1 Å². The number of rotatable bonds is 3. The highest BCUT2D eigenvalue weighted by Gasteiger charge is 2.61. The van der Waals surface area contributed by atoms with Crippen LogP contribution in [0.25, 0.3) is 0 Å². The second-order valence-electron chi connectivity index (χ2n) is 14.4. The Kier molecular flexibility index (Phi) is 8.26. The largest absolute Gasteiger partial charge is 0.392 e. The van der Waals surface area contributed by atoms with Crippen molar-refractivity contribution in [2.75, 3.05) is 11.9 Å². The van der Waals surface area contributed by atoms with Crippen LogP contribution in [0, 0.1) is 52.8 Å². The Morgan fingerprint density at radius 3 is 2.32 bits per heavy atom. The number of fused-ring (bicyclic) bond motifs is 5. The first-order valence-electron chi connectivity index (χ1n) is 15.0. The molecule has 4 aliphatic carbocycles. The molecule has 1 aromatic rings. The second-order valence-corrected chi connectivity index (χ2v) is 14.4. The molecule has 1 aromatic carbocycles. The number of aliphatic hydroxyl groups excluding tert-OH is 1. The number of hydrogen-bond acceptors (Lipinski definition) is 3. The Balaban J connectivity index is 0.000000505. The number of hydrogen-bond donors (Lipinski definition) is 1. The SMILES string of the molecule is C#CC(C)(C)C.CC1CC2C3CCC4=CC(=O)CCC4C3C(c3ccc(N(C)C(C)C)cc3)CC2(C)C1O. The van der Waals surface area contributed by atoms with Crippen LogP contribution in [0.3, 0.4) is 0 Å². The summed E-state index contributed by atoms with van der Waals surface area (Å²) < 4.78 is 0. The lowest BCUT2D eigenvalue weighted by Crippen LogP contribution is -2.51. The molecule has 8 unspecified atom stereocenters. The molecule has 0 saturated heterocycles. The molecule has 3 fully saturated rings. The van der Waals surface area contributed by atoms with E-state index in [-0.39, 0.29) is 16.9 Å². The molecule has 0 heterocycles. The van der Waals surface area contributed by atoms with Crippen molar-refractivity contribution in [3.8, 4) is 12.3 Å². The highest BCUT2D eigenvalue weighted by atomic mass is 16.3. The highest BCUT2D eigenvalue weighted by Crippen LogP contribution is 2.66. The first-order chi connectivity index (χ1) is 17.8. The van der Waals surface area contributed by atoms with Gasteiger partial charge in [0.05, 0.1) is 6.10 Å². The van der Waals surface area contributed by atoms with E-state index in [2.05, 4.69) is 69.8 Å². The van der Waals surface area contributed by atoms with Crippen LogP contribution in [0.5, 0.6) is 0 Å². The maximum Gasteiger partial charge on any atom is 0.155 e. The van der Waals surface area contributed by atoms with Gasteiger partial charge in [0.2, 0.25) is 0 Å². The van der Waals surface area contributed by atoms with Gasteiger partial charge in [-0.2, -0.15) is 0 Å². The summed E-state index contributed by atoms with van der Waals surface area (Å²) >= 11 is 0. The van der Waals surface area contributed by atoms with Crippen LogP contribution in [-0.2, 0) is 4.79 Å². The summed E-state index contributed by atoms with van der Waals surface area (Å²) in [5, 5.41) is 11.3. The van der Waals surface area contributed by atoms with Gasteiger partial charge >= 0.3 is 0 Å². The molecule has 208 valence electrons. The van der Waals surface area contributed by atoms with Crippen LogP contribution in [0.1, 0.15) is 98.5 Å². The second kappa shape index (κ2) is 10.8. The van der Waals surface area contributed by atoms with Gasteiger partial charge in [0, 0.05) is 30.6 Å². The van der Waals surface area contributed by atoms with E-state index in [0.717, 1.165) is 25.7 Å². The fraction of sp³-hybridized carbons (Fsp3) is 0.686. The summed E-state index contributed by atoms with van der Waals surface area (Å²) in [6, 6.07) is 9.76. The van der Waals surface area contributed by atoms with E-state index >= 15 is 0 Å². The average Bonchev–Trinajstić information content (AvgIpc) is 3.11. The van der Waals surface area contributed by atoms with Crippen LogP contribution in [0.4, 0.5) is 5.69 Å². The molecular formula is C35H51NO2. The van der Waals surface area contributed by atoms with Crippen molar-refractivity contribution >= 4 is 11.5 Å². The molecule has 5 rings (SSSR count). The quantitative estimate of drug-likeness (QED) is 0.419. The van der Waals surface area contributed by atoms with E-state index < -0.39 is 0 Å². The molecule has 3 saturated carbocycles. The van der Waals surface area contributed by atoms with Gasteiger partial charge in [0.15, 0.2) is 5.78 Å². The fourth-order valence-corrected chi connectivity index (χ4v) is 8.25. The zero-order valence-corrected chi connectivity index (χ0v) is 25.1. The van der Waals surface area contributed by atoms with Gasteiger partial charge in [-0.15, -0.1) is 12.3 Å². The number of terminal acetylenes is 1. The van der Waals surface area contributed by atoms with Crippen molar-refractivity contribution in [1.29, 1.82) is 0 Å². The van der Waals surface area contributed by atoms with Crippen molar-refractivity contribution in [3.05, 3.63) is 41.5 Å². The minimum absolute atomic E-state index is 0.00432. The fourth-order valence-electron chi connectivity index (χ4n) is 8.25. The highest BCUT2D eigenvalue weighted by molar-refractivity contribution is 5.91. The normalized spacial score (nSPS) is 36.2. The molecule has 38 heavy (non-hydrogen) atoms. The topological polar surface area (TPSA) is 40.5 Å². The van der Waals surface area contributed by atoms with E-state index in [4.69, 9.17) is 6.42 Å². The van der Waals surface area contributed by atoms with Crippen LogP contribution >= 0.6 is 0 Å². The van der Waals surface area contributed by atoms with Crippen molar-refractivity contribution in [1.82, 2.24) is 0 Å². The predicted molar refractivity (Wildman–Crippen MR) is 159 cm³/mol. The maximum atomic E-state index is 12.2. The first kappa shape index (κ1) is 28.9. The summed E-state index contributed by atoms with van der Waals surface area (Å²) in [6.07, 6.45) is 13.1. The maximum absolute atomic E-state index is 12.2. The smallest absolute Gasteiger partial charge is 0.155 e. The summed E-state index contributed by atoms with van der Waals surface area (Å²) in [5.74, 6) is 6.20. The average molecular weight is 518 g/mol. The van der Waals surface area contributed by atoms with Gasteiger partial charge in [-0.25, -0.2) is 0 Å². The van der Waals surface area contributed by atoms with Crippen LogP contribution in [0.2, 0.25) is 0 Å². The number of anilines is 1. The molecule has 3 nitrogen and oxygen atoms in total. The molecule has 4 aliphatic rings. The number of ketones is 1. The third kappa shape index (κ3) is 5.49. The van der Waals surface area contributed by atoms with Gasteiger partial charge in [-0.3, -0.25) is 4.79 Å². The lowest BCUT2D eigenvalue weighted by atomic mass is 9.48. The molecule has 1 N–H and O–H groups in total. The molecule has 0 radical (unpaired) electrons. The zero-order chi connectivity index (χ0) is 28.0. The van der Waals surface area contributed by atoms with E-state index in [0.29, 0.717) is 53.8 Å². The standard InChI is InChI=1S/C29H41NO2.C6H10/c1-17(2)30(5)21-9-6-19(7-10-21)25-16-29(4)26(14-18(3)28(29)32)24-12-8-20-15-22(31)11-13-23(20)27(24)25;1-5-6(2,3)4/h6-7,9-10,15,17-18,23-28,32H,8,11-14,16H2,1-5H3;1H,2-4H3. The van der Waals surface area contributed by atoms with Gasteiger partial charge in [0.25, 0.3) is 0 Å². The van der Waals surface area contributed by atoms with Gasteiger partial charge in [-0.05, 0) is 131 Å². The molecule has 0 amide bonds. The monoisotopic (exact) mass is 517 g/mol. The summed E-state index contributed by atoms with van der Waals surface area (Å²) in [6.45, 7) is 15.1. The van der Waals surface area contributed by atoms with Crippen LogP contribution in [0.15, 0.2) is 35.9 Å². The Labute approximate surface area is 232 Å². The van der Waals surface area contributed by atoms with Gasteiger partial charge < -0.3 is 10.0 Å². The molecule has 0 bridgehead atoms.